The number of carbonyl (C=O) groups excluding carboxylic acids is 1. The van der Waals surface area contributed by atoms with Crippen molar-refractivity contribution in [2.45, 2.75) is 26.3 Å². The second kappa shape index (κ2) is 9.53. The van der Waals surface area contributed by atoms with Crippen molar-refractivity contribution >= 4 is 28.9 Å². The Morgan fingerprint density at radius 3 is 2.57 bits per heavy atom. The molecule has 2 N–H and O–H groups in total. The molecule has 1 atom stereocenters. The number of rotatable bonds is 7. The van der Waals surface area contributed by atoms with Crippen LogP contribution in [0, 0.1) is 21.4 Å². The molecule has 2 aromatic carbocycles. The number of nitriles is 1. The van der Waals surface area contributed by atoms with Crippen LogP contribution in [0.15, 0.2) is 54.2 Å². The van der Waals surface area contributed by atoms with Gasteiger partial charge in [0.2, 0.25) is 0 Å². The monoisotopic (exact) mass is 398 g/mol. The van der Waals surface area contributed by atoms with Gasteiger partial charge in [0.1, 0.15) is 11.6 Å². The van der Waals surface area contributed by atoms with Crippen molar-refractivity contribution in [2.24, 2.45) is 0 Å². The van der Waals surface area contributed by atoms with Gasteiger partial charge in [-0.2, -0.15) is 5.26 Å². The lowest BCUT2D eigenvalue weighted by molar-refractivity contribution is -0.384. The number of benzene rings is 2. The van der Waals surface area contributed by atoms with Gasteiger partial charge in [0.05, 0.1) is 21.7 Å². The summed E-state index contributed by atoms with van der Waals surface area (Å²) < 4.78 is 0. The predicted molar refractivity (Wildman–Crippen MR) is 108 cm³/mol. The van der Waals surface area contributed by atoms with Crippen LogP contribution in [-0.4, -0.2) is 10.8 Å². The van der Waals surface area contributed by atoms with Crippen LogP contribution in [0.4, 0.5) is 11.4 Å². The van der Waals surface area contributed by atoms with Crippen LogP contribution in [0.5, 0.6) is 0 Å². The van der Waals surface area contributed by atoms with Gasteiger partial charge in [0.15, 0.2) is 0 Å². The van der Waals surface area contributed by atoms with Crippen LogP contribution in [-0.2, 0) is 11.2 Å². The van der Waals surface area contributed by atoms with E-state index in [9.17, 15) is 20.2 Å². The molecule has 28 heavy (non-hydrogen) atoms. The van der Waals surface area contributed by atoms with Gasteiger partial charge >= 0.3 is 0 Å². The van der Waals surface area contributed by atoms with E-state index in [2.05, 4.69) is 17.6 Å². The zero-order chi connectivity index (χ0) is 20.7. The largest absolute Gasteiger partial charge is 0.359 e. The van der Waals surface area contributed by atoms with E-state index in [0.717, 1.165) is 12.0 Å². The maximum atomic E-state index is 12.4. The highest BCUT2D eigenvalue weighted by Crippen LogP contribution is 2.26. The van der Waals surface area contributed by atoms with Crippen molar-refractivity contribution in [1.29, 1.82) is 5.26 Å². The maximum absolute atomic E-state index is 12.4. The Labute approximate surface area is 167 Å². The summed E-state index contributed by atoms with van der Waals surface area (Å²) in [5, 5.41) is 25.8. The molecule has 0 fully saturated rings. The molecular formula is C20H19ClN4O3. The normalized spacial score (nSPS) is 12.0. The van der Waals surface area contributed by atoms with Gasteiger partial charge in [0.25, 0.3) is 11.6 Å². The van der Waals surface area contributed by atoms with E-state index in [0.29, 0.717) is 0 Å². The van der Waals surface area contributed by atoms with Gasteiger partial charge in [0, 0.05) is 18.3 Å². The molecule has 0 aliphatic rings. The molecule has 7 nitrogen and oxygen atoms in total. The summed E-state index contributed by atoms with van der Waals surface area (Å²) in [5.74, 6) is -0.566. The first-order valence-corrected chi connectivity index (χ1v) is 8.94. The first kappa shape index (κ1) is 20.9. The number of anilines is 1. The Bertz CT molecular complexity index is 949. The topological polar surface area (TPSA) is 108 Å². The number of hydrogen-bond acceptors (Lipinski definition) is 5. The molecule has 1 amide bonds. The highest BCUT2D eigenvalue weighted by atomic mass is 35.5. The van der Waals surface area contributed by atoms with E-state index in [1.807, 2.05) is 37.3 Å². The Hall–Kier alpha value is -3.37. The summed E-state index contributed by atoms with van der Waals surface area (Å²) in [5.41, 5.74) is 1.99. The molecule has 0 aliphatic carbocycles. The third kappa shape index (κ3) is 5.32. The number of nitrogens with one attached hydrogen (secondary N) is 2. The molecule has 2 rings (SSSR count). The van der Waals surface area contributed by atoms with Gasteiger partial charge in [-0.05, 0) is 30.5 Å². The van der Waals surface area contributed by atoms with Crippen LogP contribution < -0.4 is 10.6 Å². The molecule has 0 heterocycles. The van der Waals surface area contributed by atoms with E-state index >= 15 is 0 Å². The second-order valence-electron chi connectivity index (χ2n) is 6.03. The number of nitro benzene ring substituents is 1. The Morgan fingerprint density at radius 1 is 1.32 bits per heavy atom. The van der Waals surface area contributed by atoms with Crippen LogP contribution in [0.1, 0.15) is 31.0 Å². The average Bonchev–Trinajstić information content (AvgIpc) is 2.69. The molecule has 0 spiro atoms. The molecule has 0 aromatic heterocycles. The van der Waals surface area contributed by atoms with Gasteiger partial charge in [-0.3, -0.25) is 14.9 Å². The summed E-state index contributed by atoms with van der Waals surface area (Å²) in [7, 11) is 0. The second-order valence-corrected chi connectivity index (χ2v) is 6.43. The van der Waals surface area contributed by atoms with E-state index in [1.54, 1.807) is 0 Å². The molecule has 0 bridgehead atoms. The number of aryl methyl sites for hydroxylation is 1. The number of amides is 1. The van der Waals surface area contributed by atoms with Gasteiger partial charge in [-0.15, -0.1) is 0 Å². The summed E-state index contributed by atoms with van der Waals surface area (Å²) >= 11 is 6.00. The van der Waals surface area contributed by atoms with Crippen molar-refractivity contribution in [3.8, 4) is 6.07 Å². The van der Waals surface area contributed by atoms with Crippen molar-refractivity contribution in [1.82, 2.24) is 5.32 Å². The standard InChI is InChI=1S/C20H19ClN4O3/c1-3-14-4-6-15(7-5-14)13(2)24-20(26)16(11-22)12-23-19-10-17(25(27)28)8-9-18(19)21/h4-10,12-13,23H,3H2,1-2H3,(H,24,26)/b16-12-. The molecule has 2 aromatic rings. The Morgan fingerprint density at radius 2 is 2.00 bits per heavy atom. The molecule has 8 heteroatoms. The van der Waals surface area contributed by atoms with E-state index in [-0.39, 0.29) is 28.0 Å². The Kier molecular flexibility index (Phi) is 7.13. The molecule has 0 aliphatic heterocycles. The summed E-state index contributed by atoms with van der Waals surface area (Å²) in [6.45, 7) is 3.88. The molecule has 0 saturated heterocycles. The molecular weight excluding hydrogens is 380 g/mol. The van der Waals surface area contributed by atoms with Crippen molar-refractivity contribution in [2.75, 3.05) is 5.32 Å². The lowest BCUT2D eigenvalue weighted by atomic mass is 10.0. The number of non-ortho nitro benzene ring substituents is 1. The number of carbonyl (C=O) groups is 1. The van der Waals surface area contributed by atoms with E-state index in [1.165, 1.54) is 30.0 Å². The summed E-state index contributed by atoms with van der Waals surface area (Å²) in [6, 6.07) is 13.2. The van der Waals surface area contributed by atoms with Crippen LogP contribution >= 0.6 is 11.6 Å². The summed E-state index contributed by atoms with van der Waals surface area (Å²) in [4.78, 5) is 22.7. The minimum absolute atomic E-state index is 0.160. The fraction of sp³-hybridized carbons (Fsp3) is 0.200. The van der Waals surface area contributed by atoms with Crippen molar-refractivity contribution in [3.05, 3.63) is 80.5 Å². The van der Waals surface area contributed by atoms with Crippen LogP contribution in [0.25, 0.3) is 0 Å². The fourth-order valence-corrected chi connectivity index (χ4v) is 2.61. The third-order valence-corrected chi connectivity index (χ3v) is 4.46. The highest BCUT2D eigenvalue weighted by molar-refractivity contribution is 6.33. The Balaban J connectivity index is 2.11. The van der Waals surface area contributed by atoms with Crippen LogP contribution in [0.2, 0.25) is 5.02 Å². The highest BCUT2D eigenvalue weighted by Gasteiger charge is 2.15. The van der Waals surface area contributed by atoms with Gasteiger partial charge < -0.3 is 10.6 Å². The van der Waals surface area contributed by atoms with Gasteiger partial charge in [-0.25, -0.2) is 0 Å². The molecule has 0 radical (unpaired) electrons. The summed E-state index contributed by atoms with van der Waals surface area (Å²) in [6.07, 6.45) is 2.10. The molecule has 0 saturated carbocycles. The van der Waals surface area contributed by atoms with E-state index in [4.69, 9.17) is 11.6 Å². The first-order valence-electron chi connectivity index (χ1n) is 8.56. The SMILES string of the molecule is CCc1ccc(C(C)NC(=O)/C(C#N)=C\Nc2cc([N+](=O)[O-])ccc2Cl)cc1. The first-order chi connectivity index (χ1) is 13.3. The number of nitrogens with zero attached hydrogens (tertiary/aromatic N) is 2. The number of hydrogen-bond donors (Lipinski definition) is 2. The lowest BCUT2D eigenvalue weighted by Gasteiger charge is -2.14. The third-order valence-electron chi connectivity index (χ3n) is 4.13. The lowest BCUT2D eigenvalue weighted by Crippen LogP contribution is -2.28. The van der Waals surface area contributed by atoms with Crippen molar-refractivity contribution < 1.29 is 9.72 Å². The predicted octanol–water partition coefficient (Wildman–Crippen LogP) is 4.51. The zero-order valence-corrected chi connectivity index (χ0v) is 16.2. The molecule has 144 valence electrons. The minimum Gasteiger partial charge on any atom is -0.359 e. The van der Waals surface area contributed by atoms with E-state index < -0.39 is 10.8 Å². The minimum atomic E-state index is -0.566. The zero-order valence-electron chi connectivity index (χ0n) is 15.4. The fourth-order valence-electron chi connectivity index (χ4n) is 2.44. The van der Waals surface area contributed by atoms with Crippen LogP contribution in [0.3, 0.4) is 0 Å². The maximum Gasteiger partial charge on any atom is 0.271 e. The molecule has 1 unspecified atom stereocenters. The van der Waals surface area contributed by atoms with Crippen molar-refractivity contribution in [3.63, 3.8) is 0 Å². The average molecular weight is 399 g/mol. The number of nitro groups is 1. The van der Waals surface area contributed by atoms with Gasteiger partial charge in [-0.1, -0.05) is 42.8 Å². The smallest absolute Gasteiger partial charge is 0.271 e. The number of halogens is 1. The quantitative estimate of drug-likeness (QED) is 0.309.